The van der Waals surface area contributed by atoms with E-state index in [1.165, 1.54) is 0 Å². The first kappa shape index (κ1) is 12.5. The number of halogens is 1. The van der Waals surface area contributed by atoms with Gasteiger partial charge in [0.05, 0.1) is 16.3 Å². The first-order valence-corrected chi connectivity index (χ1v) is 5.81. The minimum atomic E-state index is -0.947. The van der Waals surface area contributed by atoms with E-state index in [0.717, 1.165) is 16.9 Å². The molecular formula is C14H12ClNO2. The van der Waals surface area contributed by atoms with Crippen molar-refractivity contribution in [1.29, 1.82) is 0 Å². The van der Waals surface area contributed by atoms with Gasteiger partial charge in [-0.05, 0) is 36.8 Å². The molecule has 0 radical (unpaired) electrons. The van der Waals surface area contributed by atoms with Crippen molar-refractivity contribution in [1.82, 2.24) is 0 Å². The SMILES string of the molecule is Cc1ccc(C(=O)O)cc1Nc1ccccc1Cl. The summed E-state index contributed by atoms with van der Waals surface area (Å²) in [4.78, 5) is 10.9. The van der Waals surface area contributed by atoms with E-state index < -0.39 is 5.97 Å². The van der Waals surface area contributed by atoms with Crippen LogP contribution in [0.3, 0.4) is 0 Å². The summed E-state index contributed by atoms with van der Waals surface area (Å²) in [6.07, 6.45) is 0. The van der Waals surface area contributed by atoms with Crippen LogP contribution in [-0.4, -0.2) is 11.1 Å². The highest BCUT2D eigenvalue weighted by atomic mass is 35.5. The molecule has 0 atom stereocenters. The fraction of sp³-hybridized carbons (Fsp3) is 0.0714. The van der Waals surface area contributed by atoms with E-state index in [4.69, 9.17) is 16.7 Å². The molecule has 0 fully saturated rings. The number of hydrogen-bond acceptors (Lipinski definition) is 2. The third kappa shape index (κ3) is 2.63. The first-order chi connectivity index (χ1) is 8.58. The lowest BCUT2D eigenvalue weighted by molar-refractivity contribution is 0.0697. The smallest absolute Gasteiger partial charge is 0.335 e. The summed E-state index contributed by atoms with van der Waals surface area (Å²) in [5.74, 6) is -0.947. The normalized spacial score (nSPS) is 10.1. The maximum Gasteiger partial charge on any atom is 0.335 e. The zero-order valence-corrected chi connectivity index (χ0v) is 10.5. The lowest BCUT2D eigenvalue weighted by Gasteiger charge is -2.11. The number of carboxylic acids is 1. The molecule has 0 heterocycles. The van der Waals surface area contributed by atoms with Crippen LogP contribution >= 0.6 is 11.6 Å². The summed E-state index contributed by atoms with van der Waals surface area (Å²) >= 11 is 6.05. The topological polar surface area (TPSA) is 49.3 Å². The Morgan fingerprint density at radius 2 is 1.89 bits per heavy atom. The Labute approximate surface area is 110 Å². The van der Waals surface area contributed by atoms with Crippen LogP contribution in [0.25, 0.3) is 0 Å². The van der Waals surface area contributed by atoms with Crippen molar-refractivity contribution in [3.63, 3.8) is 0 Å². The van der Waals surface area contributed by atoms with Gasteiger partial charge in [0.15, 0.2) is 0 Å². The summed E-state index contributed by atoms with van der Waals surface area (Å²) < 4.78 is 0. The molecule has 2 N–H and O–H groups in total. The molecule has 0 aliphatic heterocycles. The van der Waals surface area contributed by atoms with Gasteiger partial charge in [-0.1, -0.05) is 29.8 Å². The zero-order chi connectivity index (χ0) is 13.1. The van der Waals surface area contributed by atoms with Crippen molar-refractivity contribution in [2.75, 3.05) is 5.32 Å². The summed E-state index contributed by atoms with van der Waals surface area (Å²) in [5, 5.41) is 12.7. The second kappa shape index (κ2) is 5.10. The van der Waals surface area contributed by atoms with Gasteiger partial charge in [-0.3, -0.25) is 0 Å². The van der Waals surface area contributed by atoms with Crippen molar-refractivity contribution >= 4 is 28.9 Å². The molecule has 92 valence electrons. The second-order valence-corrected chi connectivity index (χ2v) is 4.35. The van der Waals surface area contributed by atoms with E-state index in [1.807, 2.05) is 25.1 Å². The lowest BCUT2D eigenvalue weighted by atomic mass is 10.1. The van der Waals surface area contributed by atoms with Gasteiger partial charge in [-0.15, -0.1) is 0 Å². The standard InChI is InChI=1S/C14H12ClNO2/c1-9-6-7-10(14(17)18)8-13(9)16-12-5-3-2-4-11(12)15/h2-8,16H,1H3,(H,17,18). The van der Waals surface area contributed by atoms with Gasteiger partial charge in [0.25, 0.3) is 0 Å². The number of rotatable bonds is 3. The first-order valence-electron chi connectivity index (χ1n) is 5.43. The zero-order valence-electron chi connectivity index (χ0n) is 9.77. The van der Waals surface area contributed by atoms with E-state index in [9.17, 15) is 4.79 Å². The van der Waals surface area contributed by atoms with Crippen LogP contribution in [0, 0.1) is 6.92 Å². The molecule has 0 bridgehead atoms. The number of aryl methyl sites for hydroxylation is 1. The van der Waals surface area contributed by atoms with Crippen LogP contribution in [0.2, 0.25) is 5.02 Å². The minimum Gasteiger partial charge on any atom is -0.478 e. The second-order valence-electron chi connectivity index (χ2n) is 3.94. The highest BCUT2D eigenvalue weighted by Gasteiger charge is 2.07. The van der Waals surface area contributed by atoms with Crippen LogP contribution in [0.5, 0.6) is 0 Å². The average Bonchev–Trinajstić information content (AvgIpc) is 2.34. The number of para-hydroxylation sites is 1. The highest BCUT2D eigenvalue weighted by Crippen LogP contribution is 2.27. The van der Waals surface area contributed by atoms with Gasteiger partial charge in [0.2, 0.25) is 0 Å². The molecule has 0 aliphatic carbocycles. The number of anilines is 2. The fourth-order valence-electron chi connectivity index (χ4n) is 1.60. The molecule has 0 saturated heterocycles. The Hall–Kier alpha value is -2.00. The van der Waals surface area contributed by atoms with Crippen molar-refractivity contribution in [2.24, 2.45) is 0 Å². The molecule has 2 rings (SSSR count). The van der Waals surface area contributed by atoms with Crippen LogP contribution in [0.4, 0.5) is 11.4 Å². The molecule has 0 spiro atoms. The number of aromatic carboxylic acids is 1. The fourth-order valence-corrected chi connectivity index (χ4v) is 1.78. The molecule has 18 heavy (non-hydrogen) atoms. The molecule has 2 aromatic carbocycles. The molecule has 0 aliphatic rings. The Morgan fingerprint density at radius 3 is 2.56 bits per heavy atom. The highest BCUT2D eigenvalue weighted by molar-refractivity contribution is 6.33. The number of carboxylic acid groups (broad SMARTS) is 1. The van der Waals surface area contributed by atoms with E-state index in [1.54, 1.807) is 24.3 Å². The molecule has 0 unspecified atom stereocenters. The third-order valence-electron chi connectivity index (χ3n) is 2.63. The van der Waals surface area contributed by atoms with E-state index in [0.29, 0.717) is 5.02 Å². The largest absolute Gasteiger partial charge is 0.478 e. The average molecular weight is 262 g/mol. The monoisotopic (exact) mass is 261 g/mol. The third-order valence-corrected chi connectivity index (χ3v) is 2.96. The van der Waals surface area contributed by atoms with Crippen molar-refractivity contribution in [2.45, 2.75) is 6.92 Å². The van der Waals surface area contributed by atoms with Crippen LogP contribution in [0.15, 0.2) is 42.5 Å². The van der Waals surface area contributed by atoms with Crippen LogP contribution < -0.4 is 5.32 Å². The molecule has 0 amide bonds. The Morgan fingerprint density at radius 1 is 1.17 bits per heavy atom. The van der Waals surface area contributed by atoms with Crippen LogP contribution in [-0.2, 0) is 0 Å². The minimum absolute atomic E-state index is 0.246. The summed E-state index contributed by atoms with van der Waals surface area (Å²) in [6.45, 7) is 1.91. The lowest BCUT2D eigenvalue weighted by Crippen LogP contribution is -2.00. The molecule has 4 heteroatoms. The van der Waals surface area contributed by atoms with Gasteiger partial charge >= 0.3 is 5.97 Å². The molecule has 3 nitrogen and oxygen atoms in total. The van der Waals surface area contributed by atoms with Gasteiger partial charge in [-0.25, -0.2) is 4.79 Å². The summed E-state index contributed by atoms with van der Waals surface area (Å²) in [7, 11) is 0. The Kier molecular flexibility index (Phi) is 3.53. The maximum absolute atomic E-state index is 10.9. The summed E-state index contributed by atoms with van der Waals surface area (Å²) in [6, 6.07) is 12.3. The van der Waals surface area contributed by atoms with E-state index >= 15 is 0 Å². The number of hydrogen-bond donors (Lipinski definition) is 2. The van der Waals surface area contributed by atoms with E-state index in [-0.39, 0.29) is 5.56 Å². The van der Waals surface area contributed by atoms with E-state index in [2.05, 4.69) is 5.32 Å². The van der Waals surface area contributed by atoms with Gasteiger partial charge in [0, 0.05) is 5.69 Å². The van der Waals surface area contributed by atoms with Crippen molar-refractivity contribution in [3.8, 4) is 0 Å². The number of nitrogens with one attached hydrogen (secondary N) is 1. The van der Waals surface area contributed by atoms with Crippen molar-refractivity contribution < 1.29 is 9.90 Å². The van der Waals surface area contributed by atoms with Crippen LogP contribution in [0.1, 0.15) is 15.9 Å². The quantitative estimate of drug-likeness (QED) is 0.875. The van der Waals surface area contributed by atoms with Gasteiger partial charge < -0.3 is 10.4 Å². The predicted molar refractivity (Wildman–Crippen MR) is 72.9 cm³/mol. The Balaban J connectivity index is 2.37. The molecule has 2 aromatic rings. The van der Waals surface area contributed by atoms with Crippen molar-refractivity contribution in [3.05, 3.63) is 58.6 Å². The maximum atomic E-state index is 10.9. The molecule has 0 saturated carbocycles. The van der Waals surface area contributed by atoms with Gasteiger partial charge in [-0.2, -0.15) is 0 Å². The molecular weight excluding hydrogens is 250 g/mol. The number of benzene rings is 2. The molecule has 0 aromatic heterocycles. The predicted octanol–water partition coefficient (Wildman–Crippen LogP) is 4.09. The summed E-state index contributed by atoms with van der Waals surface area (Å²) in [5.41, 5.74) is 2.70. The van der Waals surface area contributed by atoms with Gasteiger partial charge in [0.1, 0.15) is 0 Å². The Bertz CT molecular complexity index is 596. The number of carbonyl (C=O) groups is 1.